The summed E-state index contributed by atoms with van der Waals surface area (Å²) < 4.78 is 10.7. The standard InChI is InChI=1S/C18H24N2O10/c1-7(22)20-9(17(27)28)5-10(23)8-3-2-4-11(13(8)19)29-18-16(26)15(25)14(24)12(6-21)30-18/h2-4,9,12,14-16,18,21,24-26H,5-6,19H2,1H3,(H,20,22)(H,27,28)/t9-,12-,14-,15+,16-,18-/m1/s1. The van der Waals surface area contributed by atoms with Crippen LogP contribution in [0, 0.1) is 0 Å². The van der Waals surface area contributed by atoms with Crippen LogP contribution in [0.15, 0.2) is 18.2 Å². The van der Waals surface area contributed by atoms with E-state index in [4.69, 9.17) is 20.3 Å². The molecular formula is C18H24N2O10. The lowest BCUT2D eigenvalue weighted by Gasteiger charge is -2.39. The molecule has 1 fully saturated rings. The van der Waals surface area contributed by atoms with E-state index in [-0.39, 0.29) is 17.0 Å². The van der Waals surface area contributed by atoms with Gasteiger partial charge in [0, 0.05) is 18.9 Å². The summed E-state index contributed by atoms with van der Waals surface area (Å²) in [4.78, 5) is 34.9. The summed E-state index contributed by atoms with van der Waals surface area (Å²) in [5.74, 6) is -2.82. The number of rotatable bonds is 8. The minimum Gasteiger partial charge on any atom is -0.480 e. The normalized spacial score (nSPS) is 27.2. The summed E-state index contributed by atoms with van der Waals surface area (Å²) in [7, 11) is 0. The molecule has 0 unspecified atom stereocenters. The Kier molecular flexibility index (Phi) is 7.70. The second kappa shape index (κ2) is 9.82. The first-order valence-corrected chi connectivity index (χ1v) is 8.95. The van der Waals surface area contributed by atoms with E-state index < -0.39 is 67.4 Å². The third kappa shape index (κ3) is 5.23. The van der Waals surface area contributed by atoms with E-state index in [0.717, 1.165) is 6.92 Å². The molecule has 166 valence electrons. The minimum absolute atomic E-state index is 0.0892. The van der Waals surface area contributed by atoms with Gasteiger partial charge in [-0.3, -0.25) is 9.59 Å². The Morgan fingerprint density at radius 2 is 1.87 bits per heavy atom. The molecule has 1 heterocycles. The van der Waals surface area contributed by atoms with Crippen LogP contribution in [0.5, 0.6) is 5.75 Å². The number of carboxylic acids is 1. The number of amides is 1. The van der Waals surface area contributed by atoms with Gasteiger partial charge in [-0.2, -0.15) is 0 Å². The summed E-state index contributed by atoms with van der Waals surface area (Å²) in [5.41, 5.74) is 5.67. The Morgan fingerprint density at radius 1 is 1.20 bits per heavy atom. The highest BCUT2D eigenvalue weighted by Gasteiger charge is 2.45. The van der Waals surface area contributed by atoms with Crippen LogP contribution in [0.25, 0.3) is 0 Å². The summed E-state index contributed by atoms with van der Waals surface area (Å²) >= 11 is 0. The number of carbonyl (C=O) groups is 3. The highest BCUT2D eigenvalue weighted by atomic mass is 16.7. The van der Waals surface area contributed by atoms with Gasteiger partial charge in [0.2, 0.25) is 12.2 Å². The van der Waals surface area contributed by atoms with Crippen molar-refractivity contribution in [2.75, 3.05) is 12.3 Å². The van der Waals surface area contributed by atoms with Gasteiger partial charge in [-0.25, -0.2) is 4.79 Å². The van der Waals surface area contributed by atoms with Gasteiger partial charge in [0.15, 0.2) is 5.78 Å². The molecule has 1 amide bonds. The van der Waals surface area contributed by atoms with Gasteiger partial charge >= 0.3 is 5.97 Å². The number of nitrogens with one attached hydrogen (secondary N) is 1. The first kappa shape index (κ1) is 23.5. The van der Waals surface area contributed by atoms with Crippen LogP contribution in [0.3, 0.4) is 0 Å². The topological polar surface area (TPSA) is 209 Å². The van der Waals surface area contributed by atoms with Crippen molar-refractivity contribution >= 4 is 23.3 Å². The summed E-state index contributed by atoms with van der Waals surface area (Å²) in [6.45, 7) is 0.461. The Morgan fingerprint density at radius 3 is 2.43 bits per heavy atom. The molecule has 12 nitrogen and oxygen atoms in total. The lowest BCUT2D eigenvalue weighted by Crippen LogP contribution is -2.60. The molecule has 0 saturated carbocycles. The maximum atomic E-state index is 12.5. The van der Waals surface area contributed by atoms with Crippen molar-refractivity contribution in [3.05, 3.63) is 23.8 Å². The number of nitrogens with two attached hydrogens (primary N) is 1. The number of aliphatic carboxylic acids is 1. The van der Waals surface area contributed by atoms with Crippen molar-refractivity contribution in [1.29, 1.82) is 0 Å². The molecule has 1 aromatic rings. The van der Waals surface area contributed by atoms with Crippen molar-refractivity contribution < 1.29 is 49.4 Å². The number of anilines is 1. The van der Waals surface area contributed by atoms with E-state index in [1.54, 1.807) is 0 Å². The highest BCUT2D eigenvalue weighted by molar-refractivity contribution is 6.04. The van der Waals surface area contributed by atoms with Gasteiger partial charge in [0.1, 0.15) is 36.2 Å². The average Bonchev–Trinajstić information content (AvgIpc) is 2.68. The van der Waals surface area contributed by atoms with Gasteiger partial charge < -0.3 is 46.1 Å². The quantitative estimate of drug-likeness (QED) is 0.171. The Labute approximate surface area is 170 Å². The third-order valence-corrected chi connectivity index (χ3v) is 4.52. The number of ether oxygens (including phenoxy) is 2. The van der Waals surface area contributed by atoms with E-state index in [1.807, 2.05) is 0 Å². The lowest BCUT2D eigenvalue weighted by atomic mass is 9.99. The van der Waals surface area contributed by atoms with E-state index >= 15 is 0 Å². The van der Waals surface area contributed by atoms with Crippen LogP contribution in [-0.4, -0.2) is 86.5 Å². The largest absolute Gasteiger partial charge is 0.480 e. The van der Waals surface area contributed by atoms with E-state index in [1.165, 1.54) is 18.2 Å². The lowest BCUT2D eigenvalue weighted by molar-refractivity contribution is -0.277. The molecule has 1 saturated heterocycles. The van der Waals surface area contributed by atoms with E-state index in [9.17, 15) is 34.8 Å². The molecule has 0 radical (unpaired) electrons. The summed E-state index contributed by atoms with van der Waals surface area (Å²) in [6.07, 6.45) is -8.20. The van der Waals surface area contributed by atoms with Crippen LogP contribution in [0.2, 0.25) is 0 Å². The number of nitrogen functional groups attached to an aromatic ring is 1. The fourth-order valence-corrected chi connectivity index (χ4v) is 2.92. The monoisotopic (exact) mass is 428 g/mol. The number of para-hydroxylation sites is 1. The molecule has 0 spiro atoms. The second-order valence-corrected chi connectivity index (χ2v) is 6.75. The van der Waals surface area contributed by atoms with Gasteiger partial charge in [-0.05, 0) is 12.1 Å². The molecule has 6 atom stereocenters. The summed E-state index contributed by atoms with van der Waals surface area (Å²) in [6, 6.07) is 2.60. The van der Waals surface area contributed by atoms with Crippen LogP contribution >= 0.6 is 0 Å². The van der Waals surface area contributed by atoms with Crippen molar-refractivity contribution in [2.24, 2.45) is 0 Å². The van der Waals surface area contributed by atoms with Crippen molar-refractivity contribution in [3.8, 4) is 5.75 Å². The van der Waals surface area contributed by atoms with Crippen LogP contribution in [-0.2, 0) is 14.3 Å². The molecule has 30 heavy (non-hydrogen) atoms. The highest BCUT2D eigenvalue weighted by Crippen LogP contribution is 2.30. The molecule has 1 aliphatic rings. The number of ketones is 1. The number of Topliss-reactive ketones (excluding diaryl/α,β-unsaturated/α-hetero) is 1. The van der Waals surface area contributed by atoms with Crippen molar-refractivity contribution in [2.45, 2.75) is 50.1 Å². The molecule has 1 aromatic carbocycles. The van der Waals surface area contributed by atoms with Crippen LogP contribution in [0.1, 0.15) is 23.7 Å². The second-order valence-electron chi connectivity index (χ2n) is 6.75. The first-order valence-electron chi connectivity index (χ1n) is 8.95. The average molecular weight is 428 g/mol. The van der Waals surface area contributed by atoms with E-state index in [2.05, 4.69) is 5.32 Å². The number of carbonyl (C=O) groups excluding carboxylic acids is 2. The number of aliphatic hydroxyl groups excluding tert-OH is 4. The maximum Gasteiger partial charge on any atom is 0.326 e. The fourth-order valence-electron chi connectivity index (χ4n) is 2.92. The van der Waals surface area contributed by atoms with Crippen molar-refractivity contribution in [1.82, 2.24) is 5.32 Å². The van der Waals surface area contributed by atoms with Gasteiger partial charge in [0.25, 0.3) is 0 Å². The minimum atomic E-state index is -1.68. The molecule has 8 N–H and O–H groups in total. The number of aliphatic hydroxyl groups is 4. The zero-order valence-electron chi connectivity index (χ0n) is 16.0. The van der Waals surface area contributed by atoms with Gasteiger partial charge in [-0.15, -0.1) is 0 Å². The predicted molar refractivity (Wildman–Crippen MR) is 99.4 cm³/mol. The van der Waals surface area contributed by atoms with Gasteiger partial charge in [0.05, 0.1) is 12.3 Å². The fraction of sp³-hybridized carbons (Fsp3) is 0.500. The van der Waals surface area contributed by atoms with Crippen LogP contribution in [0.4, 0.5) is 5.69 Å². The number of carboxylic acid groups (broad SMARTS) is 1. The Balaban J connectivity index is 2.21. The molecule has 0 aromatic heterocycles. The third-order valence-electron chi connectivity index (χ3n) is 4.52. The number of hydrogen-bond donors (Lipinski definition) is 7. The molecule has 2 rings (SSSR count). The molecule has 12 heteroatoms. The zero-order chi connectivity index (χ0) is 22.6. The van der Waals surface area contributed by atoms with Crippen LogP contribution < -0.4 is 15.8 Å². The molecule has 1 aliphatic heterocycles. The zero-order valence-corrected chi connectivity index (χ0v) is 16.0. The number of benzene rings is 1. The van der Waals surface area contributed by atoms with E-state index in [0.29, 0.717) is 0 Å². The predicted octanol–water partition coefficient (Wildman–Crippen LogP) is -2.39. The first-order chi connectivity index (χ1) is 14.1. The summed E-state index contributed by atoms with van der Waals surface area (Å²) in [5, 5.41) is 50.2. The van der Waals surface area contributed by atoms with Crippen molar-refractivity contribution in [3.63, 3.8) is 0 Å². The number of hydrogen-bond acceptors (Lipinski definition) is 10. The maximum absolute atomic E-state index is 12.5. The smallest absolute Gasteiger partial charge is 0.326 e. The van der Waals surface area contributed by atoms with Gasteiger partial charge in [-0.1, -0.05) is 6.07 Å². The molecule has 0 bridgehead atoms. The molecular weight excluding hydrogens is 404 g/mol. The Hall–Kier alpha value is -2.77. The molecule has 0 aliphatic carbocycles. The SMILES string of the molecule is CC(=O)N[C@H](CC(=O)c1cccc(O[C@@H]2O[C@H](CO)[C@@H](O)[C@H](O)[C@H]2O)c1N)C(=O)O. The Bertz CT molecular complexity index is 799.